The van der Waals surface area contributed by atoms with Gasteiger partial charge in [-0.15, -0.1) is 0 Å². The largest absolute Gasteiger partial charge is 0.507 e. The van der Waals surface area contributed by atoms with Gasteiger partial charge in [-0.25, -0.2) is 9.59 Å². The minimum Gasteiger partial charge on any atom is -0.507 e. The van der Waals surface area contributed by atoms with Crippen molar-refractivity contribution in [1.29, 1.82) is 0 Å². The lowest BCUT2D eigenvalue weighted by Crippen LogP contribution is -2.25. The first-order valence-corrected chi connectivity index (χ1v) is 5.43. The number of carbonyl (C=O) groups is 2. The zero-order valence-electron chi connectivity index (χ0n) is 10.1. The van der Waals surface area contributed by atoms with E-state index in [1.807, 2.05) is 0 Å². The average Bonchev–Trinajstić information content (AvgIpc) is 2.36. The molecular formula is C11H14N2O5S. The number of nitrogens with one attached hydrogen (secondary N) is 1. The van der Waals surface area contributed by atoms with E-state index in [2.05, 4.69) is 22.3 Å². The van der Waals surface area contributed by atoms with E-state index in [0.29, 0.717) is 0 Å². The molecule has 0 fully saturated rings. The molecular weight excluding hydrogens is 272 g/mol. The molecule has 0 aliphatic rings. The van der Waals surface area contributed by atoms with Crippen LogP contribution in [0.5, 0.6) is 5.75 Å². The van der Waals surface area contributed by atoms with E-state index in [0.717, 1.165) is 0 Å². The fourth-order valence-corrected chi connectivity index (χ4v) is 0.922. The third kappa shape index (κ3) is 7.55. The molecule has 0 atom stereocenters. The highest BCUT2D eigenvalue weighted by atomic mass is 32.1. The van der Waals surface area contributed by atoms with Gasteiger partial charge in [0.1, 0.15) is 22.9 Å². The van der Waals surface area contributed by atoms with Crippen LogP contribution in [0.4, 0.5) is 4.79 Å². The van der Waals surface area contributed by atoms with Crippen molar-refractivity contribution in [2.24, 2.45) is 5.73 Å². The van der Waals surface area contributed by atoms with Gasteiger partial charge in [0, 0.05) is 7.05 Å². The van der Waals surface area contributed by atoms with E-state index in [1.165, 1.54) is 19.2 Å². The first kappa shape index (κ1) is 16.6. The lowest BCUT2D eigenvalue weighted by atomic mass is 10.2. The molecule has 7 nitrogen and oxygen atoms in total. The fraction of sp³-hybridized carbons (Fsp3) is 0.182. The Hall–Kier alpha value is -2.35. The minimum absolute atomic E-state index is 0.00495. The number of phenols is 1. The number of carboxylic acids is 1. The van der Waals surface area contributed by atoms with Gasteiger partial charge in [0.25, 0.3) is 0 Å². The number of hydrogen-bond acceptors (Lipinski definition) is 5. The predicted octanol–water partition coefficient (Wildman–Crippen LogP) is 0.719. The topological polar surface area (TPSA) is 122 Å². The molecule has 0 saturated heterocycles. The molecule has 0 spiro atoms. The summed E-state index contributed by atoms with van der Waals surface area (Å²) in [6.45, 7) is -0.00495. The van der Waals surface area contributed by atoms with Gasteiger partial charge in [0.05, 0.1) is 0 Å². The second kappa shape index (κ2) is 8.70. The summed E-state index contributed by atoms with van der Waals surface area (Å²) in [6.07, 6.45) is -0.525. The molecule has 0 aliphatic carbocycles. The summed E-state index contributed by atoms with van der Waals surface area (Å²) in [5, 5.41) is 19.5. The van der Waals surface area contributed by atoms with Crippen molar-refractivity contribution in [2.45, 2.75) is 0 Å². The second-order valence-corrected chi connectivity index (χ2v) is 3.64. The highest BCUT2D eigenvalue weighted by Crippen LogP contribution is 2.14. The lowest BCUT2D eigenvalue weighted by molar-refractivity contribution is 0.0693. The van der Waals surface area contributed by atoms with E-state index in [-0.39, 0.29) is 22.9 Å². The number of ether oxygens (including phenoxy) is 1. The Labute approximate surface area is 115 Å². The van der Waals surface area contributed by atoms with Gasteiger partial charge in [-0.2, -0.15) is 0 Å². The van der Waals surface area contributed by atoms with Crippen LogP contribution in [-0.2, 0) is 4.74 Å². The Balaban J connectivity index is 0.000000344. The first-order valence-electron chi connectivity index (χ1n) is 5.02. The molecule has 1 amide bonds. The predicted molar refractivity (Wildman–Crippen MR) is 72.3 cm³/mol. The molecule has 1 rings (SSSR count). The number of alkyl carbamates (subject to hydrolysis) is 1. The van der Waals surface area contributed by atoms with Crippen molar-refractivity contribution in [3.8, 4) is 5.75 Å². The van der Waals surface area contributed by atoms with Crippen LogP contribution >= 0.6 is 12.2 Å². The minimum atomic E-state index is -1.11. The molecule has 5 N–H and O–H groups in total. The van der Waals surface area contributed by atoms with Crippen LogP contribution in [0.25, 0.3) is 0 Å². The maximum Gasteiger partial charge on any atom is 0.407 e. The number of hydrogen-bond donors (Lipinski definition) is 4. The summed E-state index contributed by atoms with van der Waals surface area (Å²) < 4.78 is 4.44. The van der Waals surface area contributed by atoms with Crippen molar-refractivity contribution in [3.05, 3.63) is 29.8 Å². The maximum atomic E-state index is 10.3. The highest BCUT2D eigenvalue weighted by molar-refractivity contribution is 7.80. The van der Waals surface area contributed by atoms with Gasteiger partial charge in [-0.05, 0) is 12.1 Å². The summed E-state index contributed by atoms with van der Waals surface area (Å²) in [5.41, 5.74) is 4.95. The van der Waals surface area contributed by atoms with E-state index >= 15 is 0 Å². The fourth-order valence-electron chi connectivity index (χ4n) is 0.863. The van der Waals surface area contributed by atoms with Crippen molar-refractivity contribution in [2.75, 3.05) is 13.7 Å². The number of amides is 1. The van der Waals surface area contributed by atoms with E-state index in [4.69, 9.17) is 15.9 Å². The SMILES string of the molecule is CNC(=O)OCC(N)=S.O=C(O)c1ccccc1O. The monoisotopic (exact) mass is 286 g/mol. The Morgan fingerprint density at radius 2 is 2.00 bits per heavy atom. The summed E-state index contributed by atoms with van der Waals surface area (Å²) in [7, 11) is 1.46. The number of nitrogens with two attached hydrogens (primary N) is 1. The number of aromatic hydroxyl groups is 1. The van der Waals surface area contributed by atoms with Gasteiger partial charge in [0.2, 0.25) is 0 Å². The normalized spacial score (nSPS) is 8.68. The van der Waals surface area contributed by atoms with Crippen LogP contribution < -0.4 is 11.1 Å². The summed E-state index contributed by atoms with van der Waals surface area (Å²) in [5.74, 6) is -1.31. The Morgan fingerprint density at radius 1 is 1.42 bits per heavy atom. The van der Waals surface area contributed by atoms with Crippen molar-refractivity contribution < 1.29 is 24.5 Å². The molecule has 0 radical (unpaired) electrons. The molecule has 0 unspecified atom stereocenters. The molecule has 0 bridgehead atoms. The quantitative estimate of drug-likeness (QED) is 0.604. The van der Waals surface area contributed by atoms with Crippen LogP contribution in [0.1, 0.15) is 10.4 Å². The van der Waals surface area contributed by atoms with E-state index < -0.39 is 12.1 Å². The Bertz CT molecular complexity index is 464. The average molecular weight is 286 g/mol. The van der Waals surface area contributed by atoms with Gasteiger partial charge in [0.15, 0.2) is 0 Å². The molecule has 1 aromatic rings. The molecule has 19 heavy (non-hydrogen) atoms. The van der Waals surface area contributed by atoms with Crippen LogP contribution in [0.3, 0.4) is 0 Å². The molecule has 0 saturated carbocycles. The number of thiocarbonyl (C=S) groups is 1. The zero-order chi connectivity index (χ0) is 14.8. The number of para-hydroxylation sites is 1. The number of rotatable bonds is 3. The number of aromatic carboxylic acids is 1. The van der Waals surface area contributed by atoms with Crippen molar-refractivity contribution >= 4 is 29.3 Å². The second-order valence-electron chi connectivity index (χ2n) is 3.11. The van der Waals surface area contributed by atoms with Crippen LogP contribution in [0.2, 0.25) is 0 Å². The first-order chi connectivity index (χ1) is 8.88. The number of carboxylic acid groups (broad SMARTS) is 1. The van der Waals surface area contributed by atoms with Crippen LogP contribution in [0.15, 0.2) is 24.3 Å². The highest BCUT2D eigenvalue weighted by Gasteiger charge is 2.05. The molecule has 1 aromatic carbocycles. The number of carbonyl (C=O) groups excluding carboxylic acids is 1. The zero-order valence-corrected chi connectivity index (χ0v) is 10.9. The van der Waals surface area contributed by atoms with E-state index in [1.54, 1.807) is 12.1 Å². The Morgan fingerprint density at radius 3 is 2.37 bits per heavy atom. The van der Waals surface area contributed by atoms with Crippen molar-refractivity contribution in [3.63, 3.8) is 0 Å². The summed E-state index contributed by atoms with van der Waals surface area (Å²) >= 11 is 4.43. The Kier molecular flexibility index (Phi) is 7.62. The molecule has 0 aliphatic heterocycles. The lowest BCUT2D eigenvalue weighted by Gasteiger charge is -1.99. The van der Waals surface area contributed by atoms with E-state index in [9.17, 15) is 9.59 Å². The molecule has 8 heteroatoms. The van der Waals surface area contributed by atoms with Crippen LogP contribution in [0, 0.1) is 0 Å². The van der Waals surface area contributed by atoms with Crippen LogP contribution in [-0.4, -0.2) is 40.9 Å². The van der Waals surface area contributed by atoms with Gasteiger partial charge >= 0.3 is 12.1 Å². The smallest absolute Gasteiger partial charge is 0.407 e. The molecule has 104 valence electrons. The molecule has 0 aromatic heterocycles. The number of benzene rings is 1. The van der Waals surface area contributed by atoms with Gasteiger partial charge in [-0.1, -0.05) is 24.4 Å². The molecule has 0 heterocycles. The van der Waals surface area contributed by atoms with Gasteiger partial charge < -0.3 is 26.0 Å². The maximum absolute atomic E-state index is 10.3. The van der Waals surface area contributed by atoms with Crippen molar-refractivity contribution in [1.82, 2.24) is 5.32 Å². The van der Waals surface area contributed by atoms with Gasteiger partial charge in [-0.3, -0.25) is 0 Å². The summed E-state index contributed by atoms with van der Waals surface area (Å²) in [4.78, 5) is 20.7. The summed E-state index contributed by atoms with van der Waals surface area (Å²) in [6, 6.07) is 5.81. The standard InChI is InChI=1S/C7H6O3.C4H8N2O2S/c8-6-4-2-1-3-5(6)7(9)10;1-6-4(7)8-2-3(5)9/h1-4,8H,(H,9,10);2H2,1H3,(H2,5,9)(H,6,7). The third-order valence-electron chi connectivity index (χ3n) is 1.68. The third-order valence-corrected chi connectivity index (χ3v) is 1.80.